The third-order valence-corrected chi connectivity index (χ3v) is 5.15. The van der Waals surface area contributed by atoms with Gasteiger partial charge in [-0.3, -0.25) is 4.79 Å². The lowest BCUT2D eigenvalue weighted by molar-refractivity contribution is -0.116. The molecule has 0 spiro atoms. The smallest absolute Gasteiger partial charge is 0.378 e. The lowest BCUT2D eigenvalue weighted by atomic mass is 9.85. The lowest BCUT2D eigenvalue weighted by Gasteiger charge is -2.32. The van der Waals surface area contributed by atoms with Gasteiger partial charge in [-0.05, 0) is 29.9 Å². The fraction of sp³-hybridized carbons (Fsp3) is 0.400. The molecule has 1 unspecified atom stereocenters. The Morgan fingerprint density at radius 1 is 1.26 bits per heavy atom. The van der Waals surface area contributed by atoms with Crippen LogP contribution in [-0.4, -0.2) is 33.6 Å². The summed E-state index contributed by atoms with van der Waals surface area (Å²) >= 11 is 0. The summed E-state index contributed by atoms with van der Waals surface area (Å²) in [5.74, 6) is 0.378. The summed E-state index contributed by atoms with van der Waals surface area (Å²) in [4.78, 5) is 28.9. The predicted molar refractivity (Wildman–Crippen MR) is 99.5 cm³/mol. The highest BCUT2D eigenvalue weighted by atomic mass is 16.5. The van der Waals surface area contributed by atoms with E-state index >= 15 is 0 Å². The molecular weight excluding hydrogens is 344 g/mol. The number of hydrogen-bond donors (Lipinski definition) is 1. The molecule has 1 aliphatic heterocycles. The van der Waals surface area contributed by atoms with E-state index < -0.39 is 12.0 Å². The van der Waals surface area contributed by atoms with Crippen LogP contribution in [0.25, 0.3) is 0 Å². The van der Waals surface area contributed by atoms with Crippen LogP contribution >= 0.6 is 0 Å². The second-order valence-corrected chi connectivity index (χ2v) is 7.21. The summed E-state index contributed by atoms with van der Waals surface area (Å²) < 4.78 is 6.37. The number of allylic oxidation sites excluding steroid dienone is 2. The standard InChI is InChI=1S/C20H22N4O3/c1-11(2)12-7-9-13(10-8-12)17-16-14(5-4-6-15(16)25)21-20-22-18(19(26)27-3)23-24(17)20/h7-11,17H,4-6H2,1-3H3,(H,21,22,23). The number of anilines is 1. The molecule has 2 aliphatic rings. The molecule has 4 rings (SSSR count). The van der Waals surface area contributed by atoms with E-state index in [1.54, 1.807) is 4.68 Å². The summed E-state index contributed by atoms with van der Waals surface area (Å²) in [6, 6.07) is 7.82. The van der Waals surface area contributed by atoms with Crippen molar-refractivity contribution < 1.29 is 14.3 Å². The number of Topliss-reactive ketones (excluding diaryl/α,β-unsaturated/α-hetero) is 1. The molecule has 1 atom stereocenters. The number of carbonyl (C=O) groups excluding carboxylic acids is 2. The van der Waals surface area contributed by atoms with Crippen LogP contribution in [0.2, 0.25) is 0 Å². The summed E-state index contributed by atoms with van der Waals surface area (Å²) in [6.07, 6.45) is 2.11. The molecule has 1 aromatic heterocycles. The number of methoxy groups -OCH3 is 1. The van der Waals surface area contributed by atoms with Crippen molar-refractivity contribution >= 4 is 17.7 Å². The third-order valence-electron chi connectivity index (χ3n) is 5.15. The average Bonchev–Trinajstić information content (AvgIpc) is 3.09. The number of nitrogens with zero attached hydrogens (tertiary/aromatic N) is 3. The van der Waals surface area contributed by atoms with Crippen molar-refractivity contribution in [2.75, 3.05) is 12.4 Å². The monoisotopic (exact) mass is 366 g/mol. The fourth-order valence-electron chi connectivity index (χ4n) is 3.71. The number of fused-ring (bicyclic) bond motifs is 1. The predicted octanol–water partition coefficient (Wildman–Crippen LogP) is 3.21. The van der Waals surface area contributed by atoms with Gasteiger partial charge in [-0.25, -0.2) is 9.48 Å². The lowest BCUT2D eigenvalue weighted by Crippen LogP contribution is -2.31. The second kappa shape index (κ2) is 6.64. The third kappa shape index (κ3) is 2.93. The van der Waals surface area contributed by atoms with E-state index in [2.05, 4.69) is 41.4 Å². The van der Waals surface area contributed by atoms with Gasteiger partial charge in [0, 0.05) is 17.7 Å². The Morgan fingerprint density at radius 3 is 2.67 bits per heavy atom. The minimum absolute atomic E-state index is 0.0175. The first-order valence-corrected chi connectivity index (χ1v) is 9.17. The van der Waals surface area contributed by atoms with Crippen LogP contribution in [0.15, 0.2) is 35.5 Å². The number of esters is 1. The highest BCUT2D eigenvalue weighted by Gasteiger charge is 2.37. The van der Waals surface area contributed by atoms with Gasteiger partial charge in [-0.15, -0.1) is 5.10 Å². The Balaban J connectivity index is 1.85. The molecule has 1 aromatic carbocycles. The molecule has 0 fully saturated rings. The molecular formula is C20H22N4O3. The van der Waals surface area contributed by atoms with Crippen LogP contribution in [0.3, 0.4) is 0 Å². The fourth-order valence-corrected chi connectivity index (χ4v) is 3.71. The van der Waals surface area contributed by atoms with Crippen LogP contribution < -0.4 is 5.32 Å². The maximum atomic E-state index is 12.7. The number of aromatic nitrogens is 3. The van der Waals surface area contributed by atoms with Crippen LogP contribution in [0.4, 0.5) is 5.95 Å². The zero-order valence-electron chi connectivity index (χ0n) is 15.7. The molecule has 0 saturated heterocycles. The van der Waals surface area contributed by atoms with E-state index in [0.717, 1.165) is 24.1 Å². The van der Waals surface area contributed by atoms with E-state index in [1.165, 1.54) is 12.7 Å². The minimum Gasteiger partial charge on any atom is -0.463 e. The normalized spacial score (nSPS) is 18.8. The average molecular weight is 366 g/mol. The molecule has 0 amide bonds. The molecule has 0 bridgehead atoms. The molecule has 2 aromatic rings. The van der Waals surface area contributed by atoms with E-state index in [4.69, 9.17) is 4.74 Å². The van der Waals surface area contributed by atoms with Gasteiger partial charge in [-0.1, -0.05) is 38.1 Å². The van der Waals surface area contributed by atoms with Gasteiger partial charge in [0.25, 0.3) is 5.82 Å². The Hall–Kier alpha value is -2.96. The molecule has 1 aliphatic carbocycles. The van der Waals surface area contributed by atoms with Crippen molar-refractivity contribution in [3.05, 3.63) is 52.5 Å². The Bertz CT molecular complexity index is 941. The molecule has 7 heteroatoms. The quantitative estimate of drug-likeness (QED) is 0.840. The van der Waals surface area contributed by atoms with E-state index in [0.29, 0.717) is 23.9 Å². The number of hydrogen-bond acceptors (Lipinski definition) is 6. The molecule has 2 heterocycles. The Kier molecular flexibility index (Phi) is 4.30. The second-order valence-electron chi connectivity index (χ2n) is 7.21. The van der Waals surface area contributed by atoms with Gasteiger partial charge >= 0.3 is 5.97 Å². The van der Waals surface area contributed by atoms with Gasteiger partial charge in [0.2, 0.25) is 5.95 Å². The van der Waals surface area contributed by atoms with Crippen molar-refractivity contribution in [3.8, 4) is 0 Å². The summed E-state index contributed by atoms with van der Waals surface area (Å²) in [7, 11) is 1.30. The number of carbonyl (C=O) groups is 2. The van der Waals surface area contributed by atoms with Crippen molar-refractivity contribution in [3.63, 3.8) is 0 Å². The van der Waals surface area contributed by atoms with E-state index in [-0.39, 0.29) is 11.6 Å². The first-order valence-electron chi connectivity index (χ1n) is 9.17. The van der Waals surface area contributed by atoms with Crippen LogP contribution in [0.1, 0.15) is 66.8 Å². The van der Waals surface area contributed by atoms with Gasteiger partial charge in [-0.2, -0.15) is 4.98 Å². The number of rotatable bonds is 3. The number of benzene rings is 1. The number of ketones is 1. The largest absolute Gasteiger partial charge is 0.463 e. The number of ether oxygens (including phenoxy) is 1. The first-order chi connectivity index (χ1) is 13.0. The minimum atomic E-state index is -0.600. The number of nitrogens with one attached hydrogen (secondary N) is 1. The van der Waals surface area contributed by atoms with Crippen LogP contribution in [-0.2, 0) is 9.53 Å². The molecule has 1 N–H and O–H groups in total. The van der Waals surface area contributed by atoms with Gasteiger partial charge in [0.05, 0.1) is 7.11 Å². The highest BCUT2D eigenvalue weighted by molar-refractivity contribution is 5.99. The van der Waals surface area contributed by atoms with Gasteiger partial charge in [0.1, 0.15) is 6.04 Å². The van der Waals surface area contributed by atoms with Crippen LogP contribution in [0.5, 0.6) is 0 Å². The zero-order chi connectivity index (χ0) is 19.1. The molecule has 0 radical (unpaired) electrons. The zero-order valence-corrected chi connectivity index (χ0v) is 15.7. The molecule has 140 valence electrons. The molecule has 0 saturated carbocycles. The van der Waals surface area contributed by atoms with Crippen molar-refractivity contribution in [2.45, 2.75) is 45.1 Å². The maximum Gasteiger partial charge on any atom is 0.378 e. The topological polar surface area (TPSA) is 86.1 Å². The van der Waals surface area contributed by atoms with E-state index in [1.807, 2.05) is 12.1 Å². The Labute approximate surface area is 157 Å². The van der Waals surface area contributed by atoms with E-state index in [9.17, 15) is 9.59 Å². The SMILES string of the molecule is COC(=O)c1nc2n(n1)C(c1ccc(C(C)C)cc1)C1=C(CCCC1=O)N2. The van der Waals surface area contributed by atoms with Crippen LogP contribution in [0, 0.1) is 0 Å². The van der Waals surface area contributed by atoms with Crippen molar-refractivity contribution in [1.82, 2.24) is 14.8 Å². The maximum absolute atomic E-state index is 12.7. The summed E-state index contributed by atoms with van der Waals surface area (Å²) in [5.41, 5.74) is 3.77. The molecule has 27 heavy (non-hydrogen) atoms. The van der Waals surface area contributed by atoms with Crippen molar-refractivity contribution in [1.29, 1.82) is 0 Å². The summed E-state index contributed by atoms with van der Waals surface area (Å²) in [5, 5.41) is 7.54. The highest BCUT2D eigenvalue weighted by Crippen LogP contribution is 2.40. The van der Waals surface area contributed by atoms with Gasteiger partial charge in [0.15, 0.2) is 5.78 Å². The molecule has 7 nitrogen and oxygen atoms in total. The van der Waals surface area contributed by atoms with Gasteiger partial charge < -0.3 is 10.1 Å². The Morgan fingerprint density at radius 2 is 2.00 bits per heavy atom. The van der Waals surface area contributed by atoms with Crippen molar-refractivity contribution in [2.24, 2.45) is 0 Å². The first kappa shape index (κ1) is 17.5. The summed E-state index contributed by atoms with van der Waals surface area (Å²) in [6.45, 7) is 4.28.